The zero-order valence-corrected chi connectivity index (χ0v) is 13.1. The third-order valence-electron chi connectivity index (χ3n) is 3.78. The Kier molecular flexibility index (Phi) is 5.77. The molecule has 0 saturated carbocycles. The van der Waals surface area contributed by atoms with Crippen molar-refractivity contribution in [1.29, 1.82) is 0 Å². The average Bonchev–Trinajstić information content (AvgIpc) is 3.00. The third-order valence-corrected chi connectivity index (χ3v) is 4.73. The molecule has 2 unspecified atom stereocenters. The minimum atomic E-state index is 0.189. The smallest absolute Gasteiger partial charge is 0.0590 e. The maximum atomic E-state index is 6.34. The van der Waals surface area contributed by atoms with E-state index in [1.165, 1.54) is 10.4 Å². The van der Waals surface area contributed by atoms with E-state index < -0.39 is 0 Å². The van der Waals surface area contributed by atoms with Crippen molar-refractivity contribution in [1.82, 2.24) is 4.90 Å². The molecule has 0 radical (unpaired) electrons. The number of hydrogen-bond acceptors (Lipinski definition) is 3. The van der Waals surface area contributed by atoms with E-state index in [1.807, 2.05) is 0 Å². The SMILES string of the molecule is CCC(N)C(c1cccs1)N(C)CCc1ccccc1. The zero-order valence-electron chi connectivity index (χ0n) is 12.3. The molecule has 3 heteroatoms. The van der Waals surface area contributed by atoms with Crippen molar-refractivity contribution in [3.8, 4) is 0 Å². The van der Waals surface area contributed by atoms with Gasteiger partial charge in [-0.25, -0.2) is 0 Å². The summed E-state index contributed by atoms with van der Waals surface area (Å²) in [5.41, 5.74) is 7.73. The Hall–Kier alpha value is -1.16. The van der Waals surface area contributed by atoms with Gasteiger partial charge in [0, 0.05) is 17.5 Å². The van der Waals surface area contributed by atoms with Crippen LogP contribution in [0, 0.1) is 0 Å². The summed E-state index contributed by atoms with van der Waals surface area (Å²) in [7, 11) is 2.18. The lowest BCUT2D eigenvalue weighted by atomic mass is 10.0. The largest absolute Gasteiger partial charge is 0.326 e. The Morgan fingerprint density at radius 1 is 1.15 bits per heavy atom. The number of likely N-dealkylation sites (N-methyl/N-ethyl adjacent to an activating group) is 1. The second-order valence-corrected chi connectivity index (χ2v) is 6.23. The second kappa shape index (κ2) is 7.58. The molecule has 1 aromatic heterocycles. The third kappa shape index (κ3) is 3.92. The van der Waals surface area contributed by atoms with Crippen LogP contribution >= 0.6 is 11.3 Å². The van der Waals surface area contributed by atoms with Crippen molar-refractivity contribution in [2.45, 2.75) is 31.8 Å². The van der Waals surface area contributed by atoms with E-state index in [0.717, 1.165) is 19.4 Å². The Morgan fingerprint density at radius 3 is 2.50 bits per heavy atom. The molecule has 0 bridgehead atoms. The van der Waals surface area contributed by atoms with Crippen molar-refractivity contribution >= 4 is 11.3 Å². The van der Waals surface area contributed by atoms with Crippen LogP contribution in [-0.2, 0) is 6.42 Å². The first-order chi connectivity index (χ1) is 9.72. The summed E-state index contributed by atoms with van der Waals surface area (Å²) in [4.78, 5) is 3.77. The standard InChI is InChI=1S/C17H24N2S/c1-3-15(18)17(16-10-7-13-20-16)19(2)12-11-14-8-5-4-6-9-14/h4-10,13,15,17H,3,11-12,18H2,1-2H3. The quantitative estimate of drug-likeness (QED) is 0.841. The molecule has 108 valence electrons. The highest BCUT2D eigenvalue weighted by atomic mass is 32.1. The van der Waals surface area contributed by atoms with Crippen LogP contribution in [0.25, 0.3) is 0 Å². The summed E-state index contributed by atoms with van der Waals surface area (Å²) in [6.07, 6.45) is 2.06. The molecule has 0 amide bonds. The molecular weight excluding hydrogens is 264 g/mol. The highest BCUT2D eigenvalue weighted by Crippen LogP contribution is 2.27. The molecular formula is C17H24N2S. The zero-order chi connectivity index (χ0) is 14.4. The summed E-state index contributed by atoms with van der Waals surface area (Å²) in [6, 6.07) is 15.5. The predicted molar refractivity (Wildman–Crippen MR) is 88.1 cm³/mol. The lowest BCUT2D eigenvalue weighted by molar-refractivity contribution is 0.215. The van der Waals surface area contributed by atoms with Gasteiger partial charge in [-0.1, -0.05) is 43.3 Å². The molecule has 1 aromatic carbocycles. The van der Waals surface area contributed by atoms with Crippen LogP contribution < -0.4 is 5.73 Å². The molecule has 1 heterocycles. The Balaban J connectivity index is 2.02. The van der Waals surface area contributed by atoms with Gasteiger partial charge in [-0.2, -0.15) is 0 Å². The number of nitrogens with two attached hydrogens (primary N) is 1. The fraction of sp³-hybridized carbons (Fsp3) is 0.412. The fourth-order valence-electron chi connectivity index (χ4n) is 2.53. The molecule has 2 rings (SSSR count). The number of rotatable bonds is 7. The lowest BCUT2D eigenvalue weighted by Gasteiger charge is -2.31. The Morgan fingerprint density at radius 2 is 1.90 bits per heavy atom. The molecule has 0 aliphatic rings. The normalized spacial score (nSPS) is 14.4. The minimum absolute atomic E-state index is 0.189. The monoisotopic (exact) mass is 288 g/mol. The topological polar surface area (TPSA) is 29.3 Å². The number of thiophene rings is 1. The van der Waals surface area contributed by atoms with Gasteiger partial charge in [0.15, 0.2) is 0 Å². The molecule has 2 N–H and O–H groups in total. The van der Waals surface area contributed by atoms with Gasteiger partial charge in [-0.15, -0.1) is 11.3 Å². The number of hydrogen-bond donors (Lipinski definition) is 1. The molecule has 0 aliphatic carbocycles. The highest BCUT2D eigenvalue weighted by molar-refractivity contribution is 7.10. The van der Waals surface area contributed by atoms with Crippen molar-refractivity contribution in [3.63, 3.8) is 0 Å². The molecule has 2 aromatic rings. The van der Waals surface area contributed by atoms with Gasteiger partial charge >= 0.3 is 0 Å². The van der Waals surface area contributed by atoms with Crippen LogP contribution in [0.15, 0.2) is 47.8 Å². The highest BCUT2D eigenvalue weighted by Gasteiger charge is 2.23. The maximum absolute atomic E-state index is 6.34. The molecule has 0 spiro atoms. The van der Waals surface area contributed by atoms with Crippen molar-refractivity contribution in [3.05, 3.63) is 58.3 Å². The number of nitrogens with zero attached hydrogens (tertiary/aromatic N) is 1. The van der Waals surface area contributed by atoms with Gasteiger partial charge in [0.25, 0.3) is 0 Å². The van der Waals surface area contributed by atoms with Crippen molar-refractivity contribution < 1.29 is 0 Å². The van der Waals surface area contributed by atoms with Gasteiger partial charge in [0.2, 0.25) is 0 Å². The maximum Gasteiger partial charge on any atom is 0.0590 e. The second-order valence-electron chi connectivity index (χ2n) is 5.25. The first-order valence-corrected chi connectivity index (χ1v) is 8.13. The van der Waals surface area contributed by atoms with E-state index in [0.29, 0.717) is 6.04 Å². The summed E-state index contributed by atoms with van der Waals surface area (Å²) in [5, 5.41) is 2.13. The van der Waals surface area contributed by atoms with Gasteiger partial charge in [-0.3, -0.25) is 4.90 Å². The molecule has 20 heavy (non-hydrogen) atoms. The van der Waals surface area contributed by atoms with Gasteiger partial charge in [0.05, 0.1) is 6.04 Å². The van der Waals surface area contributed by atoms with Gasteiger partial charge in [-0.05, 0) is 36.9 Å². The summed E-state index contributed by atoms with van der Waals surface area (Å²) in [6.45, 7) is 3.19. The molecule has 0 saturated heterocycles. The van der Waals surface area contributed by atoms with Gasteiger partial charge in [0.1, 0.15) is 0 Å². The minimum Gasteiger partial charge on any atom is -0.326 e. The number of benzene rings is 1. The van der Waals surface area contributed by atoms with E-state index in [-0.39, 0.29) is 6.04 Å². The van der Waals surface area contributed by atoms with Crippen LogP contribution in [0.5, 0.6) is 0 Å². The molecule has 2 atom stereocenters. The average molecular weight is 288 g/mol. The first kappa shape index (κ1) is 15.2. The fourth-order valence-corrected chi connectivity index (χ4v) is 3.49. The lowest BCUT2D eigenvalue weighted by Crippen LogP contribution is -2.39. The van der Waals surface area contributed by atoms with E-state index >= 15 is 0 Å². The molecule has 2 nitrogen and oxygen atoms in total. The first-order valence-electron chi connectivity index (χ1n) is 7.25. The van der Waals surface area contributed by atoms with Crippen LogP contribution in [0.4, 0.5) is 0 Å². The summed E-state index contributed by atoms with van der Waals surface area (Å²) < 4.78 is 0. The van der Waals surface area contributed by atoms with E-state index in [9.17, 15) is 0 Å². The molecule has 0 fully saturated rings. The summed E-state index contributed by atoms with van der Waals surface area (Å²) in [5.74, 6) is 0. The van der Waals surface area contributed by atoms with Crippen LogP contribution in [-0.4, -0.2) is 24.5 Å². The van der Waals surface area contributed by atoms with Crippen molar-refractivity contribution in [2.75, 3.05) is 13.6 Å². The Labute approximate surface area is 126 Å². The van der Waals surface area contributed by atoms with Crippen LogP contribution in [0.1, 0.15) is 29.8 Å². The Bertz CT molecular complexity index is 481. The van der Waals surface area contributed by atoms with E-state index in [1.54, 1.807) is 11.3 Å². The summed E-state index contributed by atoms with van der Waals surface area (Å²) >= 11 is 1.80. The van der Waals surface area contributed by atoms with Crippen LogP contribution in [0.2, 0.25) is 0 Å². The van der Waals surface area contributed by atoms with E-state index in [4.69, 9.17) is 5.73 Å². The van der Waals surface area contributed by atoms with Crippen molar-refractivity contribution in [2.24, 2.45) is 5.73 Å². The predicted octanol–water partition coefficient (Wildman–Crippen LogP) is 3.70. The van der Waals surface area contributed by atoms with E-state index in [2.05, 4.69) is 66.7 Å². The van der Waals surface area contributed by atoms with Gasteiger partial charge < -0.3 is 5.73 Å². The van der Waals surface area contributed by atoms with Crippen LogP contribution in [0.3, 0.4) is 0 Å². The molecule has 0 aliphatic heterocycles.